The number of aliphatic hydroxyl groups excluding tert-OH is 1. The number of aryl methyl sites for hydroxylation is 2. The summed E-state index contributed by atoms with van der Waals surface area (Å²) >= 11 is 0. The Morgan fingerprint density at radius 2 is 1.92 bits per heavy atom. The lowest BCUT2D eigenvalue weighted by atomic mass is 9.75. The number of carbonyl (C=O) groups excluding carboxylic acids is 1. The van der Waals surface area contributed by atoms with Gasteiger partial charge in [0.15, 0.2) is 0 Å². The quantitative estimate of drug-likeness (QED) is 0.916. The molecule has 5 heteroatoms. The summed E-state index contributed by atoms with van der Waals surface area (Å²) in [6.45, 7) is 1.58. The number of hydrogen-bond donors (Lipinski definition) is 1. The van der Waals surface area contributed by atoms with Crippen LogP contribution in [0.4, 0.5) is 0 Å². The minimum absolute atomic E-state index is 0.0320. The molecule has 2 heterocycles. The van der Waals surface area contributed by atoms with E-state index in [9.17, 15) is 9.90 Å². The molecule has 128 valence electrons. The summed E-state index contributed by atoms with van der Waals surface area (Å²) < 4.78 is 1.62. The highest BCUT2D eigenvalue weighted by atomic mass is 16.3. The van der Waals surface area contributed by atoms with Crippen LogP contribution in [0.25, 0.3) is 0 Å². The Morgan fingerprint density at radius 3 is 2.50 bits per heavy atom. The second-order valence-corrected chi connectivity index (χ2v) is 6.78. The molecule has 1 saturated heterocycles. The van der Waals surface area contributed by atoms with Gasteiger partial charge in [-0.15, -0.1) is 0 Å². The SMILES string of the molecule is Cn1nccc1C(=O)N1CCC(CO)(CCc2ccccc2)CC1. The molecule has 0 atom stereocenters. The van der Waals surface area contributed by atoms with Gasteiger partial charge in [-0.05, 0) is 42.7 Å². The molecule has 5 nitrogen and oxygen atoms in total. The molecule has 1 N–H and O–H groups in total. The molecular formula is C19H25N3O2. The average molecular weight is 327 g/mol. The van der Waals surface area contributed by atoms with Gasteiger partial charge in [0.2, 0.25) is 0 Å². The minimum atomic E-state index is -0.0704. The maximum atomic E-state index is 12.6. The van der Waals surface area contributed by atoms with E-state index in [-0.39, 0.29) is 17.9 Å². The van der Waals surface area contributed by atoms with Gasteiger partial charge in [0, 0.05) is 32.9 Å². The number of rotatable bonds is 5. The Hall–Kier alpha value is -2.14. The summed E-state index contributed by atoms with van der Waals surface area (Å²) in [5.74, 6) is 0.0320. The molecule has 3 rings (SSSR count). The van der Waals surface area contributed by atoms with E-state index in [1.54, 1.807) is 24.0 Å². The van der Waals surface area contributed by atoms with Gasteiger partial charge in [0.05, 0.1) is 0 Å². The normalized spacial score (nSPS) is 17.0. The molecule has 1 aromatic heterocycles. The second-order valence-electron chi connectivity index (χ2n) is 6.78. The molecular weight excluding hydrogens is 302 g/mol. The third-order valence-electron chi connectivity index (χ3n) is 5.27. The predicted octanol–water partition coefficient (Wildman–Crippen LogP) is 2.27. The first-order valence-corrected chi connectivity index (χ1v) is 8.56. The summed E-state index contributed by atoms with van der Waals surface area (Å²) in [4.78, 5) is 14.4. The van der Waals surface area contributed by atoms with Crippen LogP contribution in [0.2, 0.25) is 0 Å². The van der Waals surface area contributed by atoms with Crippen molar-refractivity contribution in [2.24, 2.45) is 12.5 Å². The predicted molar refractivity (Wildman–Crippen MR) is 92.6 cm³/mol. The number of hydrogen-bond acceptors (Lipinski definition) is 3. The first kappa shape index (κ1) is 16.7. The summed E-state index contributed by atoms with van der Waals surface area (Å²) in [7, 11) is 1.79. The van der Waals surface area contributed by atoms with E-state index in [0.29, 0.717) is 18.8 Å². The van der Waals surface area contributed by atoms with Crippen LogP contribution < -0.4 is 0 Å². The number of amides is 1. The van der Waals surface area contributed by atoms with Crippen LogP contribution >= 0.6 is 0 Å². The molecule has 0 bridgehead atoms. The molecule has 1 aliphatic heterocycles. The number of benzene rings is 1. The van der Waals surface area contributed by atoms with Crippen molar-refractivity contribution in [2.75, 3.05) is 19.7 Å². The summed E-state index contributed by atoms with van der Waals surface area (Å²) in [5, 5.41) is 14.0. The number of nitrogens with zero attached hydrogens (tertiary/aromatic N) is 3. The largest absolute Gasteiger partial charge is 0.396 e. The Balaban J connectivity index is 1.59. The van der Waals surface area contributed by atoms with Crippen LogP contribution in [0.3, 0.4) is 0 Å². The monoisotopic (exact) mass is 327 g/mol. The standard InChI is InChI=1S/C19H25N3O2/c1-21-17(8-12-20-21)18(24)22-13-10-19(15-23,11-14-22)9-7-16-5-3-2-4-6-16/h2-6,8,12,23H,7,9-11,13-15H2,1H3. The summed E-state index contributed by atoms with van der Waals surface area (Å²) in [6.07, 6.45) is 5.27. The van der Waals surface area contributed by atoms with E-state index in [1.165, 1.54) is 5.56 Å². The van der Waals surface area contributed by atoms with Gasteiger partial charge in [0.1, 0.15) is 5.69 Å². The van der Waals surface area contributed by atoms with Crippen LogP contribution in [0.1, 0.15) is 35.3 Å². The summed E-state index contributed by atoms with van der Waals surface area (Å²) in [6, 6.07) is 12.1. The van der Waals surface area contributed by atoms with Crippen molar-refractivity contribution in [1.29, 1.82) is 0 Å². The second kappa shape index (κ2) is 7.18. The Labute approximate surface area is 142 Å². The molecule has 2 aromatic rings. The number of piperidine rings is 1. The fourth-order valence-corrected chi connectivity index (χ4v) is 3.47. The highest BCUT2D eigenvalue weighted by Crippen LogP contribution is 2.36. The molecule has 0 aliphatic carbocycles. The Morgan fingerprint density at radius 1 is 1.21 bits per heavy atom. The molecule has 0 spiro atoms. The molecule has 1 amide bonds. The Bertz CT molecular complexity index is 673. The van der Waals surface area contributed by atoms with Gasteiger partial charge >= 0.3 is 0 Å². The van der Waals surface area contributed by atoms with Crippen molar-refractivity contribution < 1.29 is 9.90 Å². The fourth-order valence-electron chi connectivity index (χ4n) is 3.47. The summed E-state index contributed by atoms with van der Waals surface area (Å²) in [5.41, 5.74) is 1.86. The molecule has 1 aromatic carbocycles. The van der Waals surface area contributed by atoms with E-state index in [4.69, 9.17) is 0 Å². The topological polar surface area (TPSA) is 58.4 Å². The van der Waals surface area contributed by atoms with E-state index in [1.807, 2.05) is 11.0 Å². The molecule has 0 saturated carbocycles. The van der Waals surface area contributed by atoms with Gasteiger partial charge in [-0.3, -0.25) is 9.48 Å². The van der Waals surface area contributed by atoms with E-state index < -0.39 is 0 Å². The van der Waals surface area contributed by atoms with Crippen LogP contribution in [0.15, 0.2) is 42.6 Å². The molecule has 1 fully saturated rings. The van der Waals surface area contributed by atoms with E-state index in [0.717, 1.165) is 25.7 Å². The molecule has 0 radical (unpaired) electrons. The third-order valence-corrected chi connectivity index (χ3v) is 5.27. The lowest BCUT2D eigenvalue weighted by Gasteiger charge is -2.41. The number of carbonyl (C=O) groups is 1. The molecule has 1 aliphatic rings. The molecule has 0 unspecified atom stereocenters. The number of aliphatic hydroxyl groups is 1. The first-order valence-electron chi connectivity index (χ1n) is 8.56. The van der Waals surface area contributed by atoms with Crippen molar-refractivity contribution in [1.82, 2.24) is 14.7 Å². The first-order chi connectivity index (χ1) is 11.6. The Kier molecular flexibility index (Phi) is 5.00. The minimum Gasteiger partial charge on any atom is -0.396 e. The van der Waals surface area contributed by atoms with Gasteiger partial charge in [-0.25, -0.2) is 0 Å². The maximum absolute atomic E-state index is 12.6. The van der Waals surface area contributed by atoms with Crippen molar-refractivity contribution in [3.8, 4) is 0 Å². The zero-order valence-corrected chi connectivity index (χ0v) is 14.2. The van der Waals surface area contributed by atoms with E-state index >= 15 is 0 Å². The van der Waals surface area contributed by atoms with Crippen molar-refractivity contribution in [3.05, 3.63) is 53.9 Å². The van der Waals surface area contributed by atoms with Gasteiger partial charge in [-0.2, -0.15) is 5.10 Å². The zero-order valence-electron chi connectivity index (χ0n) is 14.2. The lowest BCUT2D eigenvalue weighted by molar-refractivity contribution is 0.0309. The van der Waals surface area contributed by atoms with Crippen molar-refractivity contribution in [2.45, 2.75) is 25.7 Å². The highest BCUT2D eigenvalue weighted by Gasteiger charge is 2.35. The fraction of sp³-hybridized carbons (Fsp3) is 0.474. The van der Waals surface area contributed by atoms with Crippen LogP contribution in [-0.4, -0.2) is 45.4 Å². The van der Waals surface area contributed by atoms with Crippen LogP contribution in [0, 0.1) is 5.41 Å². The smallest absolute Gasteiger partial charge is 0.272 e. The van der Waals surface area contributed by atoms with Crippen LogP contribution in [0.5, 0.6) is 0 Å². The van der Waals surface area contributed by atoms with Crippen molar-refractivity contribution in [3.63, 3.8) is 0 Å². The number of aromatic nitrogens is 2. The highest BCUT2D eigenvalue weighted by molar-refractivity contribution is 5.92. The van der Waals surface area contributed by atoms with Crippen molar-refractivity contribution >= 4 is 5.91 Å². The van der Waals surface area contributed by atoms with Gasteiger partial charge in [0.25, 0.3) is 5.91 Å². The van der Waals surface area contributed by atoms with Gasteiger partial charge < -0.3 is 10.0 Å². The average Bonchev–Trinajstić information content (AvgIpc) is 3.07. The third kappa shape index (κ3) is 3.51. The number of likely N-dealkylation sites (tertiary alicyclic amines) is 1. The maximum Gasteiger partial charge on any atom is 0.272 e. The lowest BCUT2D eigenvalue weighted by Crippen LogP contribution is -2.45. The zero-order chi connectivity index (χ0) is 17.0. The van der Waals surface area contributed by atoms with Crippen LogP contribution in [-0.2, 0) is 13.5 Å². The van der Waals surface area contributed by atoms with E-state index in [2.05, 4.69) is 29.4 Å². The molecule has 24 heavy (non-hydrogen) atoms. The van der Waals surface area contributed by atoms with Gasteiger partial charge in [-0.1, -0.05) is 30.3 Å².